The van der Waals surface area contributed by atoms with Gasteiger partial charge < -0.3 is 9.47 Å². The minimum Gasteiger partial charge on any atom is -0.465 e. The lowest BCUT2D eigenvalue weighted by atomic mass is 9.62. The maximum Gasteiger partial charge on any atom is 0.431 e. The average molecular weight is 486 g/mol. The summed E-state index contributed by atoms with van der Waals surface area (Å²) in [4.78, 5) is 24.0. The largest absolute Gasteiger partial charge is 0.465 e. The molecule has 182 valence electrons. The van der Waals surface area contributed by atoms with Crippen LogP contribution in [0.3, 0.4) is 0 Å². The number of fused-ring (bicyclic) bond motifs is 2. The summed E-state index contributed by atoms with van der Waals surface area (Å²) in [7, 11) is -6.37. The van der Waals surface area contributed by atoms with Crippen LogP contribution < -0.4 is 0 Å². The lowest BCUT2D eigenvalue weighted by Gasteiger charge is -2.47. The van der Waals surface area contributed by atoms with Gasteiger partial charge >= 0.3 is 33.2 Å². The van der Waals surface area contributed by atoms with Gasteiger partial charge in [-0.2, -0.15) is 26.0 Å². The third kappa shape index (κ3) is 5.69. The summed E-state index contributed by atoms with van der Waals surface area (Å²) in [6.07, 6.45) is 1.81. The van der Waals surface area contributed by atoms with Crippen molar-refractivity contribution in [1.29, 1.82) is 0 Å². The number of carbonyl (C=O) groups is 2. The smallest absolute Gasteiger partial charge is 0.431 e. The number of esters is 2. The fourth-order valence-electron chi connectivity index (χ4n) is 4.29. The number of hydrogen-bond acceptors (Lipinski definition) is 6. The van der Waals surface area contributed by atoms with Crippen molar-refractivity contribution in [2.45, 2.75) is 75.6 Å². The Bertz CT molecular complexity index is 928. The predicted molar refractivity (Wildman–Crippen MR) is 105 cm³/mol. The standard InChI is InChI=1S/C20H26F4O7S/c1-13(2)16(26)31-17(3)9-14-5-4-7-18(10-14,11-17)12-30-15(25)6-8-19(21,22)20(23,24)32(27,28)29/h9H,1,4-8,10-12H2,2-3H3,(H,27,28,29). The maximum atomic E-state index is 13.6. The quantitative estimate of drug-likeness (QED) is 0.171. The van der Waals surface area contributed by atoms with E-state index in [2.05, 4.69) is 6.58 Å². The first-order chi connectivity index (χ1) is 14.4. The van der Waals surface area contributed by atoms with Crippen molar-refractivity contribution in [3.8, 4) is 0 Å². The molecule has 0 radical (unpaired) electrons. The molecule has 1 fully saturated rings. The third-order valence-corrected chi connectivity index (χ3v) is 6.60. The van der Waals surface area contributed by atoms with Gasteiger partial charge in [-0.3, -0.25) is 9.35 Å². The van der Waals surface area contributed by atoms with Crippen LogP contribution in [0, 0.1) is 5.41 Å². The van der Waals surface area contributed by atoms with E-state index in [1.165, 1.54) is 6.92 Å². The minimum atomic E-state index is -6.37. The lowest BCUT2D eigenvalue weighted by Crippen LogP contribution is -2.47. The molecule has 32 heavy (non-hydrogen) atoms. The van der Waals surface area contributed by atoms with Crippen molar-refractivity contribution in [3.05, 3.63) is 23.8 Å². The highest BCUT2D eigenvalue weighted by Gasteiger charge is 2.65. The highest BCUT2D eigenvalue weighted by atomic mass is 32.2. The molecule has 0 spiro atoms. The fraction of sp³-hybridized carbons (Fsp3) is 0.700. The second-order valence-corrected chi connectivity index (χ2v) is 10.3. The molecule has 2 aliphatic rings. The van der Waals surface area contributed by atoms with Gasteiger partial charge in [0.2, 0.25) is 0 Å². The molecule has 2 bridgehead atoms. The molecule has 0 aromatic carbocycles. The molecule has 2 unspecified atom stereocenters. The van der Waals surface area contributed by atoms with Crippen LogP contribution in [0.15, 0.2) is 23.8 Å². The summed E-state index contributed by atoms with van der Waals surface area (Å²) in [5.74, 6) is -6.97. The molecule has 2 rings (SSSR count). The van der Waals surface area contributed by atoms with Crippen LogP contribution in [0.4, 0.5) is 17.6 Å². The van der Waals surface area contributed by atoms with Gasteiger partial charge in [-0.05, 0) is 52.0 Å². The molecule has 1 N–H and O–H groups in total. The number of ether oxygens (including phenoxy) is 2. The van der Waals surface area contributed by atoms with Crippen molar-refractivity contribution in [2.75, 3.05) is 6.61 Å². The molecular weight excluding hydrogens is 460 g/mol. The van der Waals surface area contributed by atoms with Crippen molar-refractivity contribution < 1.29 is 49.6 Å². The molecule has 0 saturated heterocycles. The Kier molecular flexibility index (Phi) is 7.21. The molecule has 2 atom stereocenters. The summed E-state index contributed by atoms with van der Waals surface area (Å²) in [5.41, 5.74) is -0.400. The van der Waals surface area contributed by atoms with Gasteiger partial charge in [0, 0.05) is 17.4 Å². The average Bonchev–Trinajstić information content (AvgIpc) is 2.63. The Balaban J connectivity index is 2.03. The molecule has 0 aromatic heterocycles. The van der Waals surface area contributed by atoms with E-state index >= 15 is 0 Å². The first kappa shape index (κ1) is 26.3. The van der Waals surface area contributed by atoms with Crippen molar-refractivity contribution in [3.63, 3.8) is 0 Å². The molecule has 12 heteroatoms. The topological polar surface area (TPSA) is 107 Å². The SMILES string of the molecule is C=C(C)C(=O)OC1(C)C=C2CCCC(COC(=O)CCC(F)(F)C(F)(F)S(=O)(=O)O)(C2)C1. The van der Waals surface area contributed by atoms with Crippen molar-refractivity contribution >= 4 is 22.1 Å². The number of carbonyl (C=O) groups excluding carboxylic acids is 2. The van der Waals surface area contributed by atoms with Gasteiger partial charge in [0.1, 0.15) is 5.60 Å². The van der Waals surface area contributed by atoms with Gasteiger partial charge in [0.15, 0.2) is 0 Å². The molecule has 7 nitrogen and oxygen atoms in total. The minimum absolute atomic E-state index is 0.205. The van der Waals surface area contributed by atoms with Gasteiger partial charge in [0.25, 0.3) is 0 Å². The normalized spacial score (nSPS) is 26.2. The zero-order valence-corrected chi connectivity index (χ0v) is 18.6. The van der Waals surface area contributed by atoms with Crippen LogP contribution in [0.2, 0.25) is 0 Å². The second kappa shape index (κ2) is 8.77. The van der Waals surface area contributed by atoms with Gasteiger partial charge in [0.05, 0.1) is 13.0 Å². The number of rotatable bonds is 9. The molecule has 0 amide bonds. The Labute approximate surface area is 183 Å². The van der Waals surface area contributed by atoms with E-state index in [0.717, 1.165) is 18.4 Å². The lowest BCUT2D eigenvalue weighted by molar-refractivity contribution is -0.173. The number of alkyl halides is 4. The summed E-state index contributed by atoms with van der Waals surface area (Å²) >= 11 is 0. The van der Waals surface area contributed by atoms with E-state index in [1.807, 2.05) is 6.08 Å². The molecule has 0 heterocycles. The van der Waals surface area contributed by atoms with E-state index in [9.17, 15) is 35.6 Å². The van der Waals surface area contributed by atoms with E-state index in [-0.39, 0.29) is 12.2 Å². The van der Waals surface area contributed by atoms with Crippen molar-refractivity contribution in [2.24, 2.45) is 5.41 Å². The van der Waals surface area contributed by atoms with Crippen LogP contribution in [-0.2, 0) is 29.2 Å². The van der Waals surface area contributed by atoms with Gasteiger partial charge in [-0.15, -0.1) is 0 Å². The van der Waals surface area contributed by atoms with Crippen LogP contribution in [0.5, 0.6) is 0 Å². The zero-order valence-electron chi connectivity index (χ0n) is 17.8. The van der Waals surface area contributed by atoms with Gasteiger partial charge in [-0.1, -0.05) is 12.2 Å². The van der Waals surface area contributed by atoms with Gasteiger partial charge in [-0.25, -0.2) is 4.79 Å². The Morgan fingerprint density at radius 3 is 2.47 bits per heavy atom. The monoisotopic (exact) mass is 486 g/mol. The summed E-state index contributed by atoms with van der Waals surface area (Å²) in [5, 5.41) is -5.74. The summed E-state index contributed by atoms with van der Waals surface area (Å²) in [6.45, 7) is 6.54. The fourth-order valence-corrected chi connectivity index (χ4v) is 4.77. The highest BCUT2D eigenvalue weighted by molar-refractivity contribution is 7.87. The summed E-state index contributed by atoms with van der Waals surface area (Å²) < 4.78 is 93.7. The Morgan fingerprint density at radius 1 is 1.28 bits per heavy atom. The third-order valence-electron chi connectivity index (χ3n) is 5.65. The molecular formula is C20H26F4O7S. The maximum absolute atomic E-state index is 13.6. The highest BCUT2D eigenvalue weighted by Crippen LogP contribution is 2.50. The molecule has 0 aromatic rings. The number of allylic oxidation sites excluding steroid dienone is 1. The molecule has 1 saturated carbocycles. The molecule has 2 aliphatic carbocycles. The Hall–Kier alpha value is -1.95. The Morgan fingerprint density at radius 2 is 1.91 bits per heavy atom. The van der Waals surface area contributed by atoms with Crippen molar-refractivity contribution in [1.82, 2.24) is 0 Å². The van der Waals surface area contributed by atoms with Crippen LogP contribution in [-0.4, -0.2) is 48.3 Å². The first-order valence-electron chi connectivity index (χ1n) is 9.90. The molecule has 0 aliphatic heterocycles. The predicted octanol–water partition coefficient (Wildman–Crippen LogP) is 4.19. The van der Waals surface area contributed by atoms with Crippen LogP contribution >= 0.6 is 0 Å². The summed E-state index contributed by atoms with van der Waals surface area (Å²) in [6, 6.07) is 0. The van der Waals surface area contributed by atoms with E-state index < -0.39 is 57.1 Å². The van der Waals surface area contributed by atoms with E-state index in [4.69, 9.17) is 14.0 Å². The van der Waals surface area contributed by atoms with E-state index in [0.29, 0.717) is 19.3 Å². The van der Waals surface area contributed by atoms with Crippen LogP contribution in [0.25, 0.3) is 0 Å². The first-order valence-corrected chi connectivity index (χ1v) is 11.3. The zero-order chi connectivity index (χ0) is 24.6. The van der Waals surface area contributed by atoms with Crippen LogP contribution in [0.1, 0.15) is 58.8 Å². The second-order valence-electron chi connectivity index (χ2n) is 8.85. The van der Waals surface area contributed by atoms with E-state index in [1.54, 1.807) is 6.92 Å². The number of hydrogen-bond donors (Lipinski definition) is 1. The number of halogens is 4.